The molecular formula is C14H16ClF3N2O4. The van der Waals surface area contributed by atoms with E-state index in [-0.39, 0.29) is 12.0 Å². The lowest BCUT2D eigenvalue weighted by molar-refractivity contribution is -0.141. The van der Waals surface area contributed by atoms with Crippen LogP contribution in [0, 0.1) is 0 Å². The number of aliphatic carboxylic acids is 1. The molecule has 10 heteroatoms. The van der Waals surface area contributed by atoms with Gasteiger partial charge in [-0.05, 0) is 32.4 Å². The first-order chi connectivity index (χ1) is 10.8. The SMILES string of the molecule is CC(C)(C)OC(=O)NC(Cc1ccc(C(F)(F)F)nc1Cl)C(=O)O. The second kappa shape index (κ2) is 7.25. The van der Waals surface area contributed by atoms with Crippen molar-refractivity contribution in [3.05, 3.63) is 28.5 Å². The molecule has 0 aliphatic carbocycles. The maximum Gasteiger partial charge on any atom is 0.433 e. The molecule has 1 rings (SSSR count). The van der Waals surface area contributed by atoms with Gasteiger partial charge in [0.15, 0.2) is 0 Å². The molecule has 0 aromatic carbocycles. The highest BCUT2D eigenvalue weighted by Crippen LogP contribution is 2.29. The molecule has 0 saturated heterocycles. The summed E-state index contributed by atoms with van der Waals surface area (Å²) in [6, 6.07) is 0.272. The van der Waals surface area contributed by atoms with Crippen LogP contribution in [0.25, 0.3) is 0 Å². The van der Waals surface area contributed by atoms with Crippen LogP contribution in [0.2, 0.25) is 5.15 Å². The zero-order chi connectivity index (χ0) is 18.7. The number of nitrogens with zero attached hydrogens (tertiary/aromatic N) is 1. The van der Waals surface area contributed by atoms with Crippen LogP contribution in [-0.2, 0) is 22.1 Å². The van der Waals surface area contributed by atoms with E-state index in [0.717, 1.165) is 6.07 Å². The first-order valence-electron chi connectivity index (χ1n) is 6.74. The number of hydrogen-bond acceptors (Lipinski definition) is 4. The van der Waals surface area contributed by atoms with Gasteiger partial charge >= 0.3 is 18.2 Å². The van der Waals surface area contributed by atoms with Crippen molar-refractivity contribution < 1.29 is 32.6 Å². The summed E-state index contributed by atoms with van der Waals surface area (Å²) < 4.78 is 42.5. The van der Waals surface area contributed by atoms with Crippen molar-refractivity contribution in [3.8, 4) is 0 Å². The van der Waals surface area contributed by atoms with Gasteiger partial charge in [0.05, 0.1) is 0 Å². The number of rotatable bonds is 4. The van der Waals surface area contributed by atoms with Crippen LogP contribution in [0.4, 0.5) is 18.0 Å². The van der Waals surface area contributed by atoms with Gasteiger partial charge in [0.25, 0.3) is 0 Å². The number of hydrogen-bond donors (Lipinski definition) is 2. The molecule has 134 valence electrons. The molecule has 1 atom stereocenters. The maximum atomic E-state index is 12.5. The molecule has 2 N–H and O–H groups in total. The largest absolute Gasteiger partial charge is 0.480 e. The van der Waals surface area contributed by atoms with Crippen molar-refractivity contribution >= 4 is 23.7 Å². The molecule has 0 saturated carbocycles. The quantitative estimate of drug-likeness (QED) is 0.796. The van der Waals surface area contributed by atoms with E-state index < -0.39 is 40.7 Å². The van der Waals surface area contributed by atoms with Crippen molar-refractivity contribution in [3.63, 3.8) is 0 Å². The van der Waals surface area contributed by atoms with Crippen molar-refractivity contribution in [1.29, 1.82) is 0 Å². The van der Waals surface area contributed by atoms with Gasteiger partial charge < -0.3 is 15.2 Å². The Morgan fingerprint density at radius 1 is 1.33 bits per heavy atom. The Hall–Kier alpha value is -2.03. The van der Waals surface area contributed by atoms with Crippen molar-refractivity contribution in [2.75, 3.05) is 0 Å². The van der Waals surface area contributed by atoms with Gasteiger partial charge in [-0.15, -0.1) is 0 Å². The Morgan fingerprint density at radius 3 is 2.33 bits per heavy atom. The van der Waals surface area contributed by atoms with Gasteiger partial charge in [-0.25, -0.2) is 14.6 Å². The topological polar surface area (TPSA) is 88.5 Å². The van der Waals surface area contributed by atoms with Gasteiger partial charge in [0, 0.05) is 6.42 Å². The van der Waals surface area contributed by atoms with E-state index in [4.69, 9.17) is 21.4 Å². The van der Waals surface area contributed by atoms with Crippen molar-refractivity contribution in [2.45, 2.75) is 45.0 Å². The van der Waals surface area contributed by atoms with Crippen molar-refractivity contribution in [1.82, 2.24) is 10.3 Å². The molecule has 1 unspecified atom stereocenters. The molecule has 0 spiro atoms. The summed E-state index contributed by atoms with van der Waals surface area (Å²) in [5.41, 5.74) is -1.97. The summed E-state index contributed by atoms with van der Waals surface area (Å²) in [4.78, 5) is 26.1. The number of pyridine rings is 1. The molecule has 1 aromatic heterocycles. The standard InChI is InChI=1S/C14H16ClF3N2O4/c1-13(2,3)24-12(23)19-8(11(21)22)6-7-4-5-9(14(16,17)18)20-10(7)15/h4-5,8H,6H2,1-3H3,(H,19,23)(H,21,22). The molecule has 6 nitrogen and oxygen atoms in total. The number of amides is 1. The van der Waals surface area contributed by atoms with E-state index in [1.165, 1.54) is 0 Å². The fourth-order valence-electron chi connectivity index (χ4n) is 1.64. The van der Waals surface area contributed by atoms with Crippen LogP contribution in [0.5, 0.6) is 0 Å². The number of carboxylic acids is 1. The van der Waals surface area contributed by atoms with Gasteiger partial charge in [-0.1, -0.05) is 17.7 Å². The van der Waals surface area contributed by atoms with Gasteiger partial charge in [0.1, 0.15) is 22.5 Å². The summed E-state index contributed by atoms with van der Waals surface area (Å²) in [6.45, 7) is 4.79. The molecular weight excluding hydrogens is 353 g/mol. The Kier molecular flexibility index (Phi) is 6.04. The number of carbonyl (C=O) groups excluding carboxylic acids is 1. The van der Waals surface area contributed by atoms with Gasteiger partial charge in [0.2, 0.25) is 0 Å². The van der Waals surface area contributed by atoms with Crippen molar-refractivity contribution in [2.24, 2.45) is 0 Å². The minimum atomic E-state index is -4.66. The van der Waals surface area contributed by atoms with Gasteiger partial charge in [-0.2, -0.15) is 13.2 Å². The number of carboxylic acid groups (broad SMARTS) is 1. The highest BCUT2D eigenvalue weighted by molar-refractivity contribution is 6.30. The molecule has 1 aromatic rings. The summed E-state index contributed by atoms with van der Waals surface area (Å²) >= 11 is 5.68. The lowest BCUT2D eigenvalue weighted by atomic mass is 10.1. The maximum absolute atomic E-state index is 12.5. The predicted molar refractivity (Wildman–Crippen MR) is 78.7 cm³/mol. The molecule has 24 heavy (non-hydrogen) atoms. The molecule has 0 fully saturated rings. The van der Waals surface area contributed by atoms with Crippen LogP contribution in [0.3, 0.4) is 0 Å². The molecule has 0 aliphatic heterocycles. The van der Waals surface area contributed by atoms with Crippen LogP contribution < -0.4 is 5.32 Å². The fraction of sp³-hybridized carbons (Fsp3) is 0.500. The van der Waals surface area contributed by atoms with Gasteiger partial charge in [-0.3, -0.25) is 0 Å². The number of aromatic nitrogens is 1. The number of halogens is 4. The van der Waals surface area contributed by atoms with Crippen LogP contribution in [0.15, 0.2) is 12.1 Å². The summed E-state index contributed by atoms with van der Waals surface area (Å²) in [5, 5.41) is 10.8. The van der Waals surface area contributed by atoms with E-state index >= 15 is 0 Å². The Labute approximate surface area is 141 Å². The zero-order valence-corrected chi connectivity index (χ0v) is 13.8. The summed E-state index contributed by atoms with van der Waals surface area (Å²) in [6.07, 6.45) is -5.98. The second-order valence-corrected chi connectivity index (χ2v) is 6.24. The highest BCUT2D eigenvalue weighted by atomic mass is 35.5. The third kappa shape index (κ3) is 6.23. The number of alkyl halides is 3. The third-order valence-corrected chi connectivity index (χ3v) is 2.96. The minimum absolute atomic E-state index is 0.0492. The minimum Gasteiger partial charge on any atom is -0.480 e. The predicted octanol–water partition coefficient (Wildman–Crippen LogP) is 3.27. The Balaban J connectivity index is 2.90. The molecule has 0 bridgehead atoms. The Morgan fingerprint density at radius 2 is 1.92 bits per heavy atom. The normalized spacial score (nSPS) is 13.3. The van der Waals surface area contributed by atoms with Crippen LogP contribution in [0.1, 0.15) is 32.0 Å². The third-order valence-electron chi connectivity index (χ3n) is 2.63. The zero-order valence-electron chi connectivity index (χ0n) is 13.1. The number of alkyl carbamates (subject to hydrolysis) is 1. The fourth-order valence-corrected chi connectivity index (χ4v) is 1.87. The first-order valence-corrected chi connectivity index (χ1v) is 7.12. The lowest BCUT2D eigenvalue weighted by Gasteiger charge is -2.22. The molecule has 0 radical (unpaired) electrons. The number of ether oxygens (including phenoxy) is 1. The smallest absolute Gasteiger partial charge is 0.433 e. The average molecular weight is 369 g/mol. The van der Waals surface area contributed by atoms with Crippen LogP contribution in [-0.4, -0.2) is 33.8 Å². The van der Waals surface area contributed by atoms with E-state index in [1.807, 2.05) is 0 Å². The molecule has 0 aliphatic rings. The Bertz CT molecular complexity index is 629. The molecule has 1 amide bonds. The average Bonchev–Trinajstić information content (AvgIpc) is 2.36. The number of carbonyl (C=O) groups is 2. The van der Waals surface area contributed by atoms with Crippen LogP contribution >= 0.6 is 11.6 Å². The monoisotopic (exact) mass is 368 g/mol. The summed E-state index contributed by atoms with van der Waals surface area (Å²) in [5.74, 6) is -1.39. The molecule has 1 heterocycles. The summed E-state index contributed by atoms with van der Waals surface area (Å²) in [7, 11) is 0. The lowest BCUT2D eigenvalue weighted by Crippen LogP contribution is -2.44. The number of nitrogens with one attached hydrogen (secondary N) is 1. The second-order valence-electron chi connectivity index (χ2n) is 5.89. The van der Waals surface area contributed by atoms with E-state index in [2.05, 4.69) is 10.3 Å². The first kappa shape index (κ1) is 20.0. The van der Waals surface area contributed by atoms with E-state index in [9.17, 15) is 22.8 Å². The van der Waals surface area contributed by atoms with E-state index in [1.54, 1.807) is 20.8 Å². The highest BCUT2D eigenvalue weighted by Gasteiger charge is 2.33. The van der Waals surface area contributed by atoms with E-state index in [0.29, 0.717) is 6.07 Å².